The van der Waals surface area contributed by atoms with Crippen molar-refractivity contribution in [2.75, 3.05) is 7.11 Å². The maximum absolute atomic E-state index is 14.1. The van der Waals surface area contributed by atoms with Gasteiger partial charge in [-0.2, -0.15) is 0 Å². The lowest BCUT2D eigenvalue weighted by Crippen LogP contribution is -1.97. The molecule has 0 radical (unpaired) electrons. The summed E-state index contributed by atoms with van der Waals surface area (Å²) in [6.07, 6.45) is 3.67. The summed E-state index contributed by atoms with van der Waals surface area (Å²) < 4.78 is 19.5. The van der Waals surface area contributed by atoms with Gasteiger partial charge in [-0.25, -0.2) is 4.39 Å². The van der Waals surface area contributed by atoms with Crippen molar-refractivity contribution in [2.45, 2.75) is 19.8 Å². The van der Waals surface area contributed by atoms with Crippen LogP contribution in [-0.4, -0.2) is 7.11 Å². The molecule has 2 aromatic carbocycles. The molecule has 0 aliphatic heterocycles. The SMILES string of the molecule is COc1cc(/C=C/c2ccccc2)c(F)cc1C(C)C. The Balaban J connectivity index is 2.35. The van der Waals surface area contributed by atoms with E-state index in [4.69, 9.17) is 4.74 Å². The average molecular weight is 270 g/mol. The Labute approximate surface area is 119 Å². The third kappa shape index (κ3) is 3.27. The molecular weight excluding hydrogens is 251 g/mol. The van der Waals surface area contributed by atoms with Crippen LogP contribution in [-0.2, 0) is 0 Å². The highest BCUT2D eigenvalue weighted by atomic mass is 19.1. The second-order valence-corrected chi connectivity index (χ2v) is 5.01. The molecule has 2 aromatic rings. The van der Waals surface area contributed by atoms with E-state index in [-0.39, 0.29) is 11.7 Å². The standard InChI is InChI=1S/C18H19FO/c1-13(2)16-12-17(19)15(11-18(16)20-3)10-9-14-7-5-4-6-8-14/h4-13H,1-3H3/b10-9+. The number of methoxy groups -OCH3 is 1. The molecule has 0 aliphatic carbocycles. The molecule has 0 saturated heterocycles. The van der Waals surface area contributed by atoms with Gasteiger partial charge in [-0.15, -0.1) is 0 Å². The lowest BCUT2D eigenvalue weighted by molar-refractivity contribution is 0.406. The van der Waals surface area contributed by atoms with E-state index in [9.17, 15) is 4.39 Å². The molecular formula is C18H19FO. The molecule has 0 fully saturated rings. The Morgan fingerprint density at radius 1 is 1.05 bits per heavy atom. The van der Waals surface area contributed by atoms with E-state index in [2.05, 4.69) is 0 Å². The second kappa shape index (κ2) is 6.38. The summed E-state index contributed by atoms with van der Waals surface area (Å²) in [5.74, 6) is 0.738. The zero-order valence-electron chi connectivity index (χ0n) is 12.1. The van der Waals surface area contributed by atoms with E-state index in [1.54, 1.807) is 25.3 Å². The first kappa shape index (κ1) is 14.3. The molecule has 2 heteroatoms. The van der Waals surface area contributed by atoms with Crippen LogP contribution in [0.4, 0.5) is 4.39 Å². The van der Waals surface area contributed by atoms with Crippen molar-refractivity contribution in [2.24, 2.45) is 0 Å². The smallest absolute Gasteiger partial charge is 0.130 e. The zero-order valence-corrected chi connectivity index (χ0v) is 12.1. The summed E-state index contributed by atoms with van der Waals surface area (Å²) in [5, 5.41) is 0. The molecule has 104 valence electrons. The Bertz CT molecular complexity index is 600. The highest BCUT2D eigenvalue weighted by Crippen LogP contribution is 2.30. The number of hydrogen-bond donors (Lipinski definition) is 0. The number of halogens is 1. The number of benzene rings is 2. The van der Waals surface area contributed by atoms with Crippen LogP contribution in [0.3, 0.4) is 0 Å². The summed E-state index contributed by atoms with van der Waals surface area (Å²) in [5.41, 5.74) is 2.47. The monoisotopic (exact) mass is 270 g/mol. The van der Waals surface area contributed by atoms with Crippen LogP contribution in [0.1, 0.15) is 36.5 Å². The summed E-state index contributed by atoms with van der Waals surface area (Å²) in [4.78, 5) is 0. The summed E-state index contributed by atoms with van der Waals surface area (Å²) in [6.45, 7) is 4.05. The Hall–Kier alpha value is -2.09. The van der Waals surface area contributed by atoms with E-state index in [1.165, 1.54) is 0 Å². The Morgan fingerprint density at radius 3 is 2.35 bits per heavy atom. The van der Waals surface area contributed by atoms with Gasteiger partial charge < -0.3 is 4.74 Å². The maximum Gasteiger partial charge on any atom is 0.130 e. The normalized spacial score (nSPS) is 11.2. The molecule has 0 saturated carbocycles. The van der Waals surface area contributed by atoms with E-state index in [0.29, 0.717) is 5.56 Å². The topological polar surface area (TPSA) is 9.23 Å². The molecule has 0 unspecified atom stereocenters. The predicted octanol–water partition coefficient (Wildman–Crippen LogP) is 5.13. The average Bonchev–Trinajstić information content (AvgIpc) is 2.46. The number of rotatable bonds is 4. The molecule has 1 nitrogen and oxygen atoms in total. The number of ether oxygens (including phenoxy) is 1. The predicted molar refractivity (Wildman–Crippen MR) is 82.4 cm³/mol. The third-order valence-corrected chi connectivity index (χ3v) is 3.23. The zero-order chi connectivity index (χ0) is 14.5. The highest BCUT2D eigenvalue weighted by molar-refractivity contribution is 5.70. The van der Waals surface area contributed by atoms with Gasteiger partial charge in [-0.3, -0.25) is 0 Å². The van der Waals surface area contributed by atoms with Crippen LogP contribution in [0.5, 0.6) is 5.75 Å². The first-order valence-electron chi connectivity index (χ1n) is 6.72. The van der Waals surface area contributed by atoms with Crippen molar-refractivity contribution >= 4 is 12.2 Å². The second-order valence-electron chi connectivity index (χ2n) is 5.01. The molecule has 0 spiro atoms. The van der Waals surface area contributed by atoms with Gasteiger partial charge in [0.2, 0.25) is 0 Å². The van der Waals surface area contributed by atoms with Gasteiger partial charge in [0.05, 0.1) is 7.11 Å². The fraction of sp³-hybridized carbons (Fsp3) is 0.222. The van der Waals surface area contributed by atoms with E-state index in [0.717, 1.165) is 16.9 Å². The molecule has 20 heavy (non-hydrogen) atoms. The maximum atomic E-state index is 14.1. The Morgan fingerprint density at radius 2 is 1.75 bits per heavy atom. The van der Waals surface area contributed by atoms with Crippen LogP contribution in [0.15, 0.2) is 42.5 Å². The lowest BCUT2D eigenvalue weighted by Gasteiger charge is -2.13. The van der Waals surface area contributed by atoms with Crippen molar-refractivity contribution in [1.82, 2.24) is 0 Å². The van der Waals surface area contributed by atoms with Gasteiger partial charge in [0.1, 0.15) is 11.6 Å². The summed E-state index contributed by atoms with van der Waals surface area (Å²) >= 11 is 0. The van der Waals surface area contributed by atoms with Crippen molar-refractivity contribution in [3.05, 3.63) is 65.0 Å². The molecule has 2 rings (SSSR count). The molecule has 0 aromatic heterocycles. The van der Waals surface area contributed by atoms with Crippen molar-refractivity contribution in [3.63, 3.8) is 0 Å². The van der Waals surface area contributed by atoms with Crippen LogP contribution in [0.2, 0.25) is 0 Å². The van der Waals surface area contributed by atoms with Gasteiger partial charge in [0.15, 0.2) is 0 Å². The largest absolute Gasteiger partial charge is 0.496 e. The fourth-order valence-electron chi connectivity index (χ4n) is 2.09. The van der Waals surface area contributed by atoms with Crippen LogP contribution < -0.4 is 4.74 Å². The minimum Gasteiger partial charge on any atom is -0.496 e. The first-order valence-corrected chi connectivity index (χ1v) is 6.72. The van der Waals surface area contributed by atoms with Crippen molar-refractivity contribution < 1.29 is 9.13 Å². The minimum atomic E-state index is -0.221. The number of hydrogen-bond acceptors (Lipinski definition) is 1. The van der Waals surface area contributed by atoms with Crippen LogP contribution in [0, 0.1) is 5.82 Å². The molecule has 0 amide bonds. The van der Waals surface area contributed by atoms with Crippen molar-refractivity contribution in [1.29, 1.82) is 0 Å². The van der Waals surface area contributed by atoms with Crippen LogP contribution >= 0.6 is 0 Å². The molecule has 0 atom stereocenters. The fourth-order valence-corrected chi connectivity index (χ4v) is 2.09. The summed E-state index contributed by atoms with van der Waals surface area (Å²) in [6, 6.07) is 13.1. The third-order valence-electron chi connectivity index (χ3n) is 3.23. The van der Waals surface area contributed by atoms with Gasteiger partial charge in [-0.1, -0.05) is 56.3 Å². The Kier molecular flexibility index (Phi) is 4.57. The van der Waals surface area contributed by atoms with Gasteiger partial charge in [0.25, 0.3) is 0 Å². The molecule has 0 aliphatic rings. The van der Waals surface area contributed by atoms with Crippen molar-refractivity contribution in [3.8, 4) is 5.75 Å². The van der Waals surface area contributed by atoms with Gasteiger partial charge >= 0.3 is 0 Å². The first-order chi connectivity index (χ1) is 9.61. The minimum absolute atomic E-state index is 0.221. The lowest BCUT2D eigenvalue weighted by atomic mass is 9.99. The van der Waals surface area contributed by atoms with Gasteiger partial charge in [-0.05, 0) is 29.2 Å². The highest BCUT2D eigenvalue weighted by Gasteiger charge is 2.11. The van der Waals surface area contributed by atoms with E-state index >= 15 is 0 Å². The quantitative estimate of drug-likeness (QED) is 0.700. The van der Waals surface area contributed by atoms with Crippen LogP contribution in [0.25, 0.3) is 12.2 Å². The van der Waals surface area contributed by atoms with Gasteiger partial charge in [0, 0.05) is 5.56 Å². The van der Waals surface area contributed by atoms with E-state index < -0.39 is 0 Å². The molecule has 0 bridgehead atoms. The molecule has 0 N–H and O–H groups in total. The van der Waals surface area contributed by atoms with E-state index in [1.807, 2.05) is 50.3 Å². The summed E-state index contributed by atoms with van der Waals surface area (Å²) in [7, 11) is 1.61. The molecule has 0 heterocycles.